The van der Waals surface area contributed by atoms with Crippen molar-refractivity contribution >= 4 is 22.6 Å². The van der Waals surface area contributed by atoms with Gasteiger partial charge in [0.05, 0.1) is 11.8 Å². The lowest BCUT2D eigenvalue weighted by Gasteiger charge is -2.19. The smallest absolute Gasteiger partial charge is 0.287 e. The van der Waals surface area contributed by atoms with Gasteiger partial charge in [0.15, 0.2) is 17.3 Å². The molecular weight excluding hydrogens is 334 g/mol. The number of aryl methyl sites for hydroxylation is 1. The van der Waals surface area contributed by atoms with Gasteiger partial charge in [-0.2, -0.15) is 0 Å². The number of ether oxygens (including phenoxy) is 2. The molecule has 0 bridgehead atoms. The Kier molecular flexibility index (Phi) is 4.35. The van der Waals surface area contributed by atoms with Gasteiger partial charge in [-0.1, -0.05) is 0 Å². The van der Waals surface area contributed by atoms with Crippen LogP contribution in [0.15, 0.2) is 41.0 Å². The fourth-order valence-corrected chi connectivity index (χ4v) is 2.85. The number of aromatic nitrogens is 1. The number of rotatable bonds is 5. The van der Waals surface area contributed by atoms with E-state index in [4.69, 9.17) is 13.9 Å². The largest absolute Gasteiger partial charge is 0.486 e. The molecule has 1 aliphatic rings. The molecule has 1 aromatic carbocycles. The molecule has 0 aliphatic carbocycles. The van der Waals surface area contributed by atoms with Crippen molar-refractivity contribution in [2.45, 2.75) is 6.92 Å². The highest BCUT2D eigenvalue weighted by Crippen LogP contribution is 2.35. The van der Waals surface area contributed by atoms with Crippen LogP contribution in [0.1, 0.15) is 16.1 Å². The number of furan rings is 1. The summed E-state index contributed by atoms with van der Waals surface area (Å²) in [7, 11) is 0. The Morgan fingerprint density at radius 2 is 1.96 bits per heavy atom. The van der Waals surface area contributed by atoms with E-state index in [1.165, 1.54) is 6.26 Å². The standard InChI is InChI=1S/C19H19N3O4/c1-12-9-13-10-16-17(26-8-7-25-16)11-14(13)22-18(12)20-4-5-21-19(23)15-3-2-6-24-15/h2-3,6,9-11H,4-5,7-8H2,1H3,(H,20,22)(H,21,23). The number of hydrogen-bond donors (Lipinski definition) is 2. The maximum absolute atomic E-state index is 11.8. The van der Waals surface area contributed by atoms with Crippen molar-refractivity contribution in [2.24, 2.45) is 0 Å². The average Bonchev–Trinajstić information content (AvgIpc) is 3.18. The van der Waals surface area contributed by atoms with E-state index < -0.39 is 0 Å². The first-order chi connectivity index (χ1) is 12.7. The zero-order chi connectivity index (χ0) is 17.9. The van der Waals surface area contributed by atoms with E-state index in [9.17, 15) is 4.79 Å². The number of pyridine rings is 1. The zero-order valence-corrected chi connectivity index (χ0v) is 14.4. The molecule has 7 nitrogen and oxygen atoms in total. The van der Waals surface area contributed by atoms with Crippen LogP contribution >= 0.6 is 0 Å². The second-order valence-corrected chi connectivity index (χ2v) is 6.00. The number of carbonyl (C=O) groups is 1. The SMILES string of the molecule is Cc1cc2cc3c(cc2nc1NCCNC(=O)c1ccco1)OCCO3. The molecule has 4 rings (SSSR count). The molecule has 3 aromatic rings. The summed E-state index contributed by atoms with van der Waals surface area (Å²) >= 11 is 0. The molecule has 7 heteroatoms. The fraction of sp³-hybridized carbons (Fsp3) is 0.263. The van der Waals surface area contributed by atoms with Crippen molar-refractivity contribution in [3.05, 3.63) is 47.9 Å². The number of carbonyl (C=O) groups excluding carboxylic acids is 1. The van der Waals surface area contributed by atoms with Gasteiger partial charge in [0.25, 0.3) is 5.91 Å². The Morgan fingerprint density at radius 1 is 1.15 bits per heavy atom. The normalized spacial score (nSPS) is 12.8. The van der Waals surface area contributed by atoms with E-state index in [2.05, 4.69) is 21.7 Å². The van der Waals surface area contributed by atoms with Crippen molar-refractivity contribution in [2.75, 3.05) is 31.6 Å². The van der Waals surface area contributed by atoms with E-state index in [0.29, 0.717) is 32.1 Å². The summed E-state index contributed by atoms with van der Waals surface area (Å²) in [6.45, 7) is 4.11. The highest BCUT2D eigenvalue weighted by atomic mass is 16.6. The van der Waals surface area contributed by atoms with Gasteiger partial charge in [0, 0.05) is 24.5 Å². The van der Waals surface area contributed by atoms with Gasteiger partial charge in [-0.3, -0.25) is 4.79 Å². The first-order valence-corrected chi connectivity index (χ1v) is 8.47. The minimum Gasteiger partial charge on any atom is -0.486 e. The number of nitrogens with one attached hydrogen (secondary N) is 2. The van der Waals surface area contributed by atoms with Gasteiger partial charge >= 0.3 is 0 Å². The number of anilines is 1. The summed E-state index contributed by atoms with van der Waals surface area (Å²) in [5.74, 6) is 2.32. The first kappa shape index (κ1) is 16.3. The van der Waals surface area contributed by atoms with Crippen LogP contribution in [-0.2, 0) is 0 Å². The van der Waals surface area contributed by atoms with Crippen molar-refractivity contribution in [3.8, 4) is 11.5 Å². The van der Waals surface area contributed by atoms with Crippen molar-refractivity contribution in [3.63, 3.8) is 0 Å². The Balaban J connectivity index is 1.43. The quantitative estimate of drug-likeness (QED) is 0.686. The molecule has 26 heavy (non-hydrogen) atoms. The average molecular weight is 353 g/mol. The van der Waals surface area contributed by atoms with Gasteiger partial charge in [-0.25, -0.2) is 4.98 Å². The van der Waals surface area contributed by atoms with Crippen molar-refractivity contribution < 1.29 is 18.7 Å². The maximum atomic E-state index is 11.8. The highest BCUT2D eigenvalue weighted by Gasteiger charge is 2.14. The van der Waals surface area contributed by atoms with Crippen molar-refractivity contribution in [1.82, 2.24) is 10.3 Å². The molecule has 0 unspecified atom stereocenters. The van der Waals surface area contributed by atoms with E-state index >= 15 is 0 Å². The van der Waals surface area contributed by atoms with Gasteiger partial charge < -0.3 is 24.5 Å². The molecule has 134 valence electrons. The summed E-state index contributed by atoms with van der Waals surface area (Å²) in [4.78, 5) is 16.5. The fourth-order valence-electron chi connectivity index (χ4n) is 2.85. The predicted octanol–water partition coefficient (Wildman–Crippen LogP) is 2.75. The molecule has 0 saturated heterocycles. The second-order valence-electron chi connectivity index (χ2n) is 6.00. The lowest BCUT2D eigenvalue weighted by atomic mass is 10.1. The molecule has 0 atom stereocenters. The third kappa shape index (κ3) is 3.28. The van der Waals surface area contributed by atoms with Gasteiger partial charge in [-0.05, 0) is 36.8 Å². The van der Waals surface area contributed by atoms with Crippen molar-refractivity contribution in [1.29, 1.82) is 0 Å². The van der Waals surface area contributed by atoms with Crippen LogP contribution in [0.25, 0.3) is 10.9 Å². The predicted molar refractivity (Wildman–Crippen MR) is 97.0 cm³/mol. The lowest BCUT2D eigenvalue weighted by molar-refractivity contribution is 0.0927. The van der Waals surface area contributed by atoms with Gasteiger partial charge in [0.2, 0.25) is 0 Å². The van der Waals surface area contributed by atoms with Crippen LogP contribution in [0.2, 0.25) is 0 Å². The summed E-state index contributed by atoms with van der Waals surface area (Å²) in [6, 6.07) is 9.22. The van der Waals surface area contributed by atoms with E-state index in [1.807, 2.05) is 19.1 Å². The van der Waals surface area contributed by atoms with Crippen LogP contribution in [0.5, 0.6) is 11.5 Å². The highest BCUT2D eigenvalue weighted by molar-refractivity contribution is 5.91. The topological polar surface area (TPSA) is 85.6 Å². The minimum absolute atomic E-state index is 0.233. The summed E-state index contributed by atoms with van der Waals surface area (Å²) in [5, 5.41) is 7.05. The Hall–Kier alpha value is -3.22. The van der Waals surface area contributed by atoms with Crippen LogP contribution < -0.4 is 20.1 Å². The molecule has 3 heterocycles. The minimum atomic E-state index is -0.233. The lowest BCUT2D eigenvalue weighted by Crippen LogP contribution is -2.28. The Labute approximate surface area is 150 Å². The summed E-state index contributed by atoms with van der Waals surface area (Å²) in [5.41, 5.74) is 1.86. The molecule has 0 fully saturated rings. The third-order valence-electron chi connectivity index (χ3n) is 4.12. The Morgan fingerprint density at radius 3 is 2.73 bits per heavy atom. The molecule has 1 amide bonds. The number of nitrogens with zero attached hydrogens (tertiary/aromatic N) is 1. The summed E-state index contributed by atoms with van der Waals surface area (Å²) in [6.07, 6.45) is 1.48. The van der Waals surface area contributed by atoms with E-state index in [-0.39, 0.29) is 5.91 Å². The molecule has 0 saturated carbocycles. The van der Waals surface area contributed by atoms with Crippen LogP contribution in [0.4, 0.5) is 5.82 Å². The molecule has 1 aliphatic heterocycles. The van der Waals surface area contributed by atoms with E-state index in [0.717, 1.165) is 33.8 Å². The third-order valence-corrected chi connectivity index (χ3v) is 4.12. The number of benzene rings is 1. The van der Waals surface area contributed by atoms with Crippen LogP contribution in [0, 0.1) is 6.92 Å². The van der Waals surface area contributed by atoms with E-state index in [1.54, 1.807) is 12.1 Å². The summed E-state index contributed by atoms with van der Waals surface area (Å²) < 4.78 is 16.3. The zero-order valence-electron chi connectivity index (χ0n) is 14.4. The first-order valence-electron chi connectivity index (χ1n) is 8.47. The molecule has 0 radical (unpaired) electrons. The van der Waals surface area contributed by atoms with Crippen LogP contribution in [0.3, 0.4) is 0 Å². The number of fused-ring (bicyclic) bond motifs is 2. The van der Waals surface area contributed by atoms with Crippen LogP contribution in [-0.4, -0.2) is 37.2 Å². The number of amides is 1. The Bertz CT molecular complexity index is 938. The second kappa shape index (κ2) is 6.95. The molecule has 2 N–H and O–H groups in total. The molecule has 2 aromatic heterocycles. The van der Waals surface area contributed by atoms with Gasteiger partial charge in [0.1, 0.15) is 19.0 Å². The molecule has 0 spiro atoms. The van der Waals surface area contributed by atoms with Gasteiger partial charge in [-0.15, -0.1) is 0 Å². The monoisotopic (exact) mass is 353 g/mol. The number of hydrogen-bond acceptors (Lipinski definition) is 6. The maximum Gasteiger partial charge on any atom is 0.287 e. The molecular formula is C19H19N3O4.